The lowest BCUT2D eigenvalue weighted by atomic mass is 9.95. The molecule has 0 aliphatic heterocycles. The number of rotatable bonds is 3. The molecule has 2 heterocycles. The van der Waals surface area contributed by atoms with Crippen molar-refractivity contribution in [2.24, 2.45) is 0 Å². The third kappa shape index (κ3) is 2.28. The Balaban J connectivity index is 2.06. The van der Waals surface area contributed by atoms with Gasteiger partial charge in [0.1, 0.15) is 5.69 Å². The average Bonchev–Trinajstić information content (AvgIpc) is 3.08. The predicted octanol–water partition coefficient (Wildman–Crippen LogP) is 3.21. The van der Waals surface area contributed by atoms with Crippen LogP contribution in [0.3, 0.4) is 0 Å². The van der Waals surface area contributed by atoms with Crippen molar-refractivity contribution in [3.8, 4) is 10.6 Å². The molecule has 0 unspecified atom stereocenters. The molecule has 1 aliphatic rings. The molecule has 0 spiro atoms. The van der Waals surface area contributed by atoms with E-state index >= 15 is 0 Å². The first-order valence-corrected chi connectivity index (χ1v) is 7.37. The normalized spacial score (nSPS) is 16.6. The van der Waals surface area contributed by atoms with Crippen LogP contribution in [0.1, 0.15) is 48.6 Å². The second-order valence-corrected chi connectivity index (χ2v) is 5.75. The van der Waals surface area contributed by atoms with E-state index in [2.05, 4.69) is 10.3 Å². The molecule has 5 nitrogen and oxygen atoms in total. The van der Waals surface area contributed by atoms with Gasteiger partial charge in [0.15, 0.2) is 5.69 Å². The minimum Gasteiger partial charge on any atom is -0.476 e. The molecule has 19 heavy (non-hydrogen) atoms. The van der Waals surface area contributed by atoms with Crippen LogP contribution in [-0.2, 0) is 0 Å². The van der Waals surface area contributed by atoms with Crippen LogP contribution in [0.5, 0.6) is 0 Å². The number of aromatic carboxylic acids is 1. The molecule has 1 N–H and O–H groups in total. The number of carboxylic acids is 1. The van der Waals surface area contributed by atoms with Gasteiger partial charge in [0.25, 0.3) is 0 Å². The number of nitrogens with zero attached hydrogens (tertiary/aromatic N) is 3. The quantitative estimate of drug-likeness (QED) is 0.935. The summed E-state index contributed by atoms with van der Waals surface area (Å²) in [4.78, 5) is 12.2. The summed E-state index contributed by atoms with van der Waals surface area (Å²) in [6, 6.07) is 4.13. The van der Waals surface area contributed by atoms with Gasteiger partial charge in [-0.25, -0.2) is 9.48 Å². The van der Waals surface area contributed by atoms with E-state index in [9.17, 15) is 9.90 Å². The number of hydrogen-bond acceptors (Lipinski definition) is 4. The number of aromatic nitrogens is 3. The highest BCUT2D eigenvalue weighted by Gasteiger charge is 2.26. The van der Waals surface area contributed by atoms with Gasteiger partial charge in [0.2, 0.25) is 0 Å². The van der Waals surface area contributed by atoms with Gasteiger partial charge < -0.3 is 5.11 Å². The fourth-order valence-corrected chi connectivity index (χ4v) is 3.42. The molecule has 100 valence electrons. The van der Waals surface area contributed by atoms with Crippen molar-refractivity contribution in [3.05, 3.63) is 23.2 Å². The van der Waals surface area contributed by atoms with Crippen LogP contribution in [0.25, 0.3) is 10.6 Å². The van der Waals surface area contributed by atoms with Crippen molar-refractivity contribution >= 4 is 17.3 Å². The molecule has 6 heteroatoms. The van der Waals surface area contributed by atoms with Crippen LogP contribution in [0.4, 0.5) is 0 Å². The number of thiophene rings is 1. The maximum atomic E-state index is 11.3. The van der Waals surface area contributed by atoms with Crippen LogP contribution >= 0.6 is 11.3 Å². The van der Waals surface area contributed by atoms with Crippen LogP contribution in [0.2, 0.25) is 0 Å². The van der Waals surface area contributed by atoms with Crippen molar-refractivity contribution < 1.29 is 9.90 Å². The fraction of sp³-hybridized carbons (Fsp3) is 0.462. The Morgan fingerprint density at radius 2 is 2.16 bits per heavy atom. The molecule has 0 atom stereocenters. The molecule has 0 aromatic carbocycles. The van der Waals surface area contributed by atoms with Gasteiger partial charge in [-0.15, -0.1) is 16.4 Å². The zero-order valence-corrected chi connectivity index (χ0v) is 11.3. The minimum atomic E-state index is -1.01. The summed E-state index contributed by atoms with van der Waals surface area (Å²) in [6.45, 7) is 0. The highest BCUT2D eigenvalue weighted by Crippen LogP contribution is 2.34. The van der Waals surface area contributed by atoms with E-state index in [1.165, 1.54) is 30.6 Å². The zero-order valence-electron chi connectivity index (χ0n) is 10.5. The molecule has 0 radical (unpaired) electrons. The topological polar surface area (TPSA) is 68.0 Å². The van der Waals surface area contributed by atoms with E-state index in [1.54, 1.807) is 0 Å². The molecular weight excluding hydrogens is 262 g/mol. The largest absolute Gasteiger partial charge is 0.476 e. The Bertz CT molecular complexity index is 571. The van der Waals surface area contributed by atoms with E-state index < -0.39 is 5.97 Å². The smallest absolute Gasteiger partial charge is 0.358 e. The van der Waals surface area contributed by atoms with Gasteiger partial charge in [-0.05, 0) is 24.3 Å². The molecule has 2 aromatic heterocycles. The lowest BCUT2D eigenvalue weighted by molar-refractivity contribution is 0.0691. The predicted molar refractivity (Wildman–Crippen MR) is 72.4 cm³/mol. The average molecular weight is 277 g/mol. The highest BCUT2D eigenvalue weighted by atomic mass is 32.1. The molecule has 0 bridgehead atoms. The van der Waals surface area contributed by atoms with E-state index in [1.807, 2.05) is 22.2 Å². The highest BCUT2D eigenvalue weighted by molar-refractivity contribution is 7.13. The molecule has 1 saturated carbocycles. The summed E-state index contributed by atoms with van der Waals surface area (Å²) in [7, 11) is 0. The summed E-state index contributed by atoms with van der Waals surface area (Å²) < 4.78 is 1.83. The Labute approximate surface area is 114 Å². The number of carboxylic acid groups (broad SMARTS) is 1. The SMILES string of the molecule is O=C(O)c1nnn(C2CCCCC2)c1-c1cccs1. The van der Waals surface area contributed by atoms with Gasteiger partial charge in [0, 0.05) is 0 Å². The summed E-state index contributed by atoms with van der Waals surface area (Å²) in [5.41, 5.74) is 0.724. The first-order chi connectivity index (χ1) is 9.27. The van der Waals surface area contributed by atoms with E-state index in [-0.39, 0.29) is 11.7 Å². The zero-order chi connectivity index (χ0) is 13.2. The maximum absolute atomic E-state index is 11.3. The molecular formula is C13H15N3O2S. The van der Waals surface area contributed by atoms with E-state index in [0.29, 0.717) is 5.69 Å². The molecule has 3 rings (SSSR count). The second kappa shape index (κ2) is 5.13. The van der Waals surface area contributed by atoms with Gasteiger partial charge in [0.05, 0.1) is 10.9 Å². The third-order valence-corrected chi connectivity index (χ3v) is 4.45. The van der Waals surface area contributed by atoms with Crippen LogP contribution in [-0.4, -0.2) is 26.1 Å². The van der Waals surface area contributed by atoms with Crippen LogP contribution in [0, 0.1) is 0 Å². The van der Waals surface area contributed by atoms with Gasteiger partial charge in [-0.2, -0.15) is 0 Å². The van der Waals surface area contributed by atoms with Crippen LogP contribution in [0.15, 0.2) is 17.5 Å². The molecule has 1 aliphatic carbocycles. The van der Waals surface area contributed by atoms with E-state index in [4.69, 9.17) is 0 Å². The molecule has 0 saturated heterocycles. The first kappa shape index (κ1) is 12.3. The molecule has 0 amide bonds. The summed E-state index contributed by atoms with van der Waals surface area (Å²) in [6.07, 6.45) is 5.72. The lowest BCUT2D eigenvalue weighted by Gasteiger charge is -2.22. The number of carbonyl (C=O) groups is 1. The summed E-state index contributed by atoms with van der Waals surface area (Å²) in [5.74, 6) is -1.01. The Hall–Kier alpha value is -1.69. The Kier molecular flexibility index (Phi) is 3.33. The Morgan fingerprint density at radius 3 is 2.79 bits per heavy atom. The summed E-state index contributed by atoms with van der Waals surface area (Å²) in [5, 5.41) is 19.2. The number of hydrogen-bond donors (Lipinski definition) is 1. The third-order valence-electron chi connectivity index (χ3n) is 3.57. The lowest BCUT2D eigenvalue weighted by Crippen LogP contribution is -2.15. The molecule has 2 aromatic rings. The molecule has 1 fully saturated rings. The van der Waals surface area contributed by atoms with Crippen molar-refractivity contribution in [2.45, 2.75) is 38.1 Å². The van der Waals surface area contributed by atoms with Crippen molar-refractivity contribution in [1.82, 2.24) is 15.0 Å². The monoisotopic (exact) mass is 277 g/mol. The second-order valence-electron chi connectivity index (χ2n) is 4.81. The van der Waals surface area contributed by atoms with Crippen molar-refractivity contribution in [2.75, 3.05) is 0 Å². The standard InChI is InChI=1S/C13H15N3O2S/c17-13(18)11-12(10-7-4-8-19-10)16(15-14-11)9-5-2-1-3-6-9/h4,7-9H,1-3,5-6H2,(H,17,18). The van der Waals surface area contributed by atoms with Gasteiger partial charge >= 0.3 is 5.97 Å². The fourth-order valence-electron chi connectivity index (χ4n) is 2.66. The first-order valence-electron chi connectivity index (χ1n) is 6.49. The maximum Gasteiger partial charge on any atom is 0.358 e. The Morgan fingerprint density at radius 1 is 1.37 bits per heavy atom. The van der Waals surface area contributed by atoms with Crippen molar-refractivity contribution in [3.63, 3.8) is 0 Å². The summed E-state index contributed by atoms with van der Waals surface area (Å²) >= 11 is 1.53. The van der Waals surface area contributed by atoms with Crippen molar-refractivity contribution in [1.29, 1.82) is 0 Å². The van der Waals surface area contributed by atoms with Gasteiger partial charge in [-0.3, -0.25) is 0 Å². The van der Waals surface area contributed by atoms with Crippen LogP contribution < -0.4 is 0 Å². The van der Waals surface area contributed by atoms with E-state index in [0.717, 1.165) is 17.7 Å². The van der Waals surface area contributed by atoms with Gasteiger partial charge in [-0.1, -0.05) is 30.5 Å². The minimum absolute atomic E-state index is 0.0630.